The summed E-state index contributed by atoms with van der Waals surface area (Å²) >= 11 is 0. The molecular formula is C34H39ClN6O6. The first-order valence-corrected chi connectivity index (χ1v) is 15.5. The van der Waals surface area contributed by atoms with Gasteiger partial charge in [-0.05, 0) is 68.6 Å². The van der Waals surface area contributed by atoms with Gasteiger partial charge in [0.05, 0.1) is 21.8 Å². The van der Waals surface area contributed by atoms with Gasteiger partial charge in [0.25, 0.3) is 11.1 Å². The lowest BCUT2D eigenvalue weighted by molar-refractivity contribution is 0.0945. The van der Waals surface area contributed by atoms with Crippen LogP contribution >= 0.6 is 12.4 Å². The highest BCUT2D eigenvalue weighted by Crippen LogP contribution is 2.07. The smallest absolute Gasteiger partial charge is 0.410 e. The van der Waals surface area contributed by atoms with Crippen LogP contribution in [0.15, 0.2) is 98.0 Å². The van der Waals surface area contributed by atoms with Crippen molar-refractivity contribution in [2.75, 3.05) is 26.2 Å². The molecule has 0 fully saturated rings. The Morgan fingerprint density at radius 2 is 1.17 bits per heavy atom. The zero-order valence-electron chi connectivity index (χ0n) is 26.0. The standard InChI is InChI=1S/C34H38N6O6.ClH/c41-30-26-14-4-6-16-28(26)36-32(43)39(30)22-10-19-35-18-8-9-20-38(34(45)46-24-25-12-2-1-3-13-25)21-11-23-40-31(42)27-15-5-7-17-29(27)37-33(40)44;/h1-7,12-17,35H,8-11,18-24H2,(H,36,43)(H,37,44);1H. The summed E-state index contributed by atoms with van der Waals surface area (Å²) in [7, 11) is 0. The molecule has 2 heterocycles. The molecule has 0 spiro atoms. The van der Waals surface area contributed by atoms with E-state index in [-0.39, 0.29) is 36.7 Å². The van der Waals surface area contributed by atoms with Crippen LogP contribution in [0.1, 0.15) is 31.2 Å². The highest BCUT2D eigenvalue weighted by molar-refractivity contribution is 5.85. The van der Waals surface area contributed by atoms with Gasteiger partial charge < -0.3 is 24.9 Å². The van der Waals surface area contributed by atoms with Gasteiger partial charge >= 0.3 is 17.5 Å². The van der Waals surface area contributed by atoms with E-state index in [1.54, 1.807) is 53.4 Å². The van der Waals surface area contributed by atoms with E-state index in [4.69, 9.17) is 4.74 Å². The van der Waals surface area contributed by atoms with Crippen LogP contribution in [0.25, 0.3) is 21.8 Å². The Morgan fingerprint density at radius 3 is 1.79 bits per heavy atom. The van der Waals surface area contributed by atoms with Gasteiger partial charge in [-0.3, -0.25) is 18.7 Å². The van der Waals surface area contributed by atoms with Gasteiger partial charge in [0.15, 0.2) is 0 Å². The Kier molecular flexibility index (Phi) is 12.7. The highest BCUT2D eigenvalue weighted by atomic mass is 35.5. The minimum Gasteiger partial charge on any atom is -0.445 e. The maximum absolute atomic E-state index is 13.0. The number of nitrogens with zero attached hydrogens (tertiary/aromatic N) is 3. The number of unbranched alkanes of at least 4 members (excludes halogenated alkanes) is 1. The van der Waals surface area contributed by atoms with Crippen molar-refractivity contribution in [1.82, 2.24) is 29.3 Å². The zero-order chi connectivity index (χ0) is 32.3. The van der Waals surface area contributed by atoms with Crippen LogP contribution in [0.4, 0.5) is 4.79 Å². The van der Waals surface area contributed by atoms with Gasteiger partial charge in [0, 0.05) is 26.2 Å². The number of aromatic nitrogens is 4. The molecule has 0 aliphatic carbocycles. The summed E-state index contributed by atoms with van der Waals surface area (Å²) < 4.78 is 7.97. The zero-order valence-corrected chi connectivity index (χ0v) is 26.8. The predicted octanol–water partition coefficient (Wildman–Crippen LogP) is 3.60. The molecule has 2 aromatic heterocycles. The Balaban J connectivity index is 0.00000500. The molecule has 0 saturated heterocycles. The fourth-order valence-corrected chi connectivity index (χ4v) is 5.37. The van der Waals surface area contributed by atoms with Crippen molar-refractivity contribution < 1.29 is 9.53 Å². The summed E-state index contributed by atoms with van der Waals surface area (Å²) in [5.41, 5.74) is 0.335. The average Bonchev–Trinajstić information content (AvgIpc) is 3.07. The number of benzene rings is 3. The Labute approximate surface area is 276 Å². The van der Waals surface area contributed by atoms with E-state index < -0.39 is 17.5 Å². The fraction of sp³-hybridized carbons (Fsp3) is 0.324. The predicted molar refractivity (Wildman–Crippen MR) is 184 cm³/mol. The van der Waals surface area contributed by atoms with Crippen molar-refractivity contribution in [3.63, 3.8) is 0 Å². The van der Waals surface area contributed by atoms with E-state index in [2.05, 4.69) is 15.3 Å². The number of carbonyl (C=O) groups is 1. The molecule has 3 N–H and O–H groups in total. The molecule has 12 nitrogen and oxygen atoms in total. The Hall–Kier alpha value is -4.94. The molecule has 0 saturated carbocycles. The molecule has 5 aromatic rings. The second kappa shape index (κ2) is 17.1. The van der Waals surface area contributed by atoms with Crippen molar-refractivity contribution in [3.05, 3.63) is 126 Å². The monoisotopic (exact) mass is 662 g/mol. The van der Waals surface area contributed by atoms with E-state index in [1.807, 2.05) is 30.3 Å². The van der Waals surface area contributed by atoms with E-state index in [0.29, 0.717) is 73.8 Å². The molecule has 248 valence electrons. The number of aromatic amines is 2. The quantitative estimate of drug-likeness (QED) is 0.145. The van der Waals surface area contributed by atoms with E-state index in [9.17, 15) is 24.0 Å². The van der Waals surface area contributed by atoms with Crippen LogP contribution in [0.2, 0.25) is 0 Å². The third kappa shape index (κ3) is 9.08. The Bertz CT molecular complexity index is 2020. The van der Waals surface area contributed by atoms with Crippen LogP contribution in [-0.4, -0.2) is 56.3 Å². The lowest BCUT2D eigenvalue weighted by Crippen LogP contribution is -2.38. The molecule has 0 radical (unpaired) electrons. The maximum Gasteiger partial charge on any atom is 0.410 e. The van der Waals surface area contributed by atoms with Crippen molar-refractivity contribution in [1.29, 1.82) is 0 Å². The number of carbonyl (C=O) groups excluding carboxylic acids is 1. The topological polar surface area (TPSA) is 151 Å². The number of para-hydroxylation sites is 2. The Morgan fingerprint density at radius 1 is 0.660 bits per heavy atom. The molecule has 3 aromatic carbocycles. The number of amides is 1. The number of nitrogens with one attached hydrogen (secondary N) is 3. The number of hydrogen-bond donors (Lipinski definition) is 3. The maximum atomic E-state index is 13.0. The van der Waals surface area contributed by atoms with Gasteiger partial charge in [-0.2, -0.15) is 0 Å². The summed E-state index contributed by atoms with van der Waals surface area (Å²) in [6.07, 6.45) is 2.03. The average molecular weight is 663 g/mol. The molecule has 5 rings (SSSR count). The molecule has 13 heteroatoms. The van der Waals surface area contributed by atoms with Crippen molar-refractivity contribution >= 4 is 40.3 Å². The normalized spacial score (nSPS) is 11.0. The number of fused-ring (bicyclic) bond motifs is 2. The summed E-state index contributed by atoms with van der Waals surface area (Å²) in [5.74, 6) is 0. The first-order valence-electron chi connectivity index (χ1n) is 15.5. The lowest BCUT2D eigenvalue weighted by Gasteiger charge is -2.22. The molecular weight excluding hydrogens is 624 g/mol. The number of halogens is 1. The number of rotatable bonds is 15. The van der Waals surface area contributed by atoms with Gasteiger partial charge in [-0.25, -0.2) is 14.4 Å². The van der Waals surface area contributed by atoms with Crippen LogP contribution < -0.4 is 27.8 Å². The second-order valence-corrected chi connectivity index (χ2v) is 11.1. The van der Waals surface area contributed by atoms with Crippen molar-refractivity contribution in [2.24, 2.45) is 0 Å². The fourth-order valence-electron chi connectivity index (χ4n) is 5.37. The van der Waals surface area contributed by atoms with E-state index in [0.717, 1.165) is 12.0 Å². The summed E-state index contributed by atoms with van der Waals surface area (Å²) in [6, 6.07) is 23.2. The van der Waals surface area contributed by atoms with Crippen LogP contribution in [0.3, 0.4) is 0 Å². The molecule has 1 amide bonds. The largest absolute Gasteiger partial charge is 0.445 e. The molecule has 47 heavy (non-hydrogen) atoms. The third-order valence-electron chi connectivity index (χ3n) is 7.82. The molecule has 0 aliphatic heterocycles. The van der Waals surface area contributed by atoms with Gasteiger partial charge in [-0.1, -0.05) is 54.6 Å². The van der Waals surface area contributed by atoms with Crippen LogP contribution in [-0.2, 0) is 24.4 Å². The third-order valence-corrected chi connectivity index (χ3v) is 7.82. The van der Waals surface area contributed by atoms with Crippen molar-refractivity contribution in [3.8, 4) is 0 Å². The first-order chi connectivity index (χ1) is 22.4. The number of hydrogen-bond acceptors (Lipinski definition) is 7. The summed E-state index contributed by atoms with van der Waals surface area (Å²) in [5, 5.41) is 4.25. The number of H-pyrrole nitrogens is 2. The number of ether oxygens (including phenoxy) is 1. The van der Waals surface area contributed by atoms with E-state index >= 15 is 0 Å². The van der Waals surface area contributed by atoms with Gasteiger partial charge in [-0.15, -0.1) is 12.4 Å². The van der Waals surface area contributed by atoms with Crippen LogP contribution in [0, 0.1) is 0 Å². The minimum absolute atomic E-state index is 0. The van der Waals surface area contributed by atoms with E-state index in [1.165, 1.54) is 9.13 Å². The summed E-state index contributed by atoms with van der Waals surface area (Å²) in [4.78, 5) is 70.7. The molecule has 0 atom stereocenters. The molecule has 0 unspecified atom stereocenters. The van der Waals surface area contributed by atoms with Gasteiger partial charge in [0.1, 0.15) is 6.61 Å². The highest BCUT2D eigenvalue weighted by Gasteiger charge is 2.16. The molecule has 0 bridgehead atoms. The molecule has 0 aliphatic rings. The van der Waals surface area contributed by atoms with Gasteiger partial charge in [0.2, 0.25) is 0 Å². The minimum atomic E-state index is -0.483. The first kappa shape index (κ1) is 34.9. The summed E-state index contributed by atoms with van der Waals surface area (Å²) in [6.45, 7) is 2.68. The lowest BCUT2D eigenvalue weighted by atomic mass is 10.2. The second-order valence-electron chi connectivity index (χ2n) is 11.1. The van der Waals surface area contributed by atoms with Crippen LogP contribution in [0.5, 0.6) is 0 Å². The SMILES string of the molecule is Cl.O=C(OCc1ccccc1)N(CCCCNCCCn1c(=O)[nH]c2ccccc2c1=O)CCCn1c(=O)[nH]c2ccccc2c1=O. The van der Waals surface area contributed by atoms with Crippen molar-refractivity contribution in [2.45, 2.75) is 45.4 Å².